The lowest BCUT2D eigenvalue weighted by Crippen LogP contribution is -2.58. The lowest BCUT2D eigenvalue weighted by atomic mass is 10.2. The van der Waals surface area contributed by atoms with E-state index in [1.54, 1.807) is 6.20 Å². The molecular formula is C10H15N3O2S. The van der Waals surface area contributed by atoms with Crippen molar-refractivity contribution in [3.8, 4) is 0 Å². The maximum atomic E-state index is 11.8. The number of hydrogen-bond acceptors (Lipinski definition) is 4. The van der Waals surface area contributed by atoms with Crippen LogP contribution in [0.15, 0.2) is 24.4 Å². The molecule has 5 nitrogen and oxygen atoms in total. The van der Waals surface area contributed by atoms with E-state index in [4.69, 9.17) is 5.73 Å². The molecule has 1 aromatic rings. The van der Waals surface area contributed by atoms with E-state index in [0.717, 1.165) is 5.69 Å². The zero-order valence-electron chi connectivity index (χ0n) is 8.91. The molecule has 1 aromatic heterocycles. The lowest BCUT2D eigenvalue weighted by Gasteiger charge is -2.35. The fourth-order valence-corrected chi connectivity index (χ4v) is 3.17. The van der Waals surface area contributed by atoms with E-state index in [2.05, 4.69) is 4.98 Å². The molecule has 88 valence electrons. The van der Waals surface area contributed by atoms with Gasteiger partial charge in [-0.2, -0.15) is 4.31 Å². The van der Waals surface area contributed by atoms with Crippen molar-refractivity contribution >= 4 is 10.0 Å². The molecule has 1 aliphatic rings. The van der Waals surface area contributed by atoms with Crippen molar-refractivity contribution in [1.82, 2.24) is 9.29 Å². The van der Waals surface area contributed by atoms with Gasteiger partial charge in [0.25, 0.3) is 0 Å². The number of aromatic nitrogens is 1. The number of pyridine rings is 1. The highest BCUT2D eigenvalue weighted by Crippen LogP contribution is 2.13. The summed E-state index contributed by atoms with van der Waals surface area (Å²) in [6.45, 7) is 0.898. The minimum atomic E-state index is -3.14. The third-order valence-corrected chi connectivity index (χ3v) is 4.42. The minimum Gasteiger partial charge on any atom is -0.325 e. The quantitative estimate of drug-likeness (QED) is 0.778. The average Bonchev–Trinajstić information content (AvgIpc) is 2.24. The molecule has 2 rings (SSSR count). The topological polar surface area (TPSA) is 76.3 Å². The van der Waals surface area contributed by atoms with Crippen molar-refractivity contribution in [1.29, 1.82) is 0 Å². The van der Waals surface area contributed by atoms with Crippen LogP contribution in [0.25, 0.3) is 0 Å². The molecule has 0 bridgehead atoms. The fraction of sp³-hybridized carbons (Fsp3) is 0.500. The van der Waals surface area contributed by atoms with Crippen LogP contribution in [-0.4, -0.2) is 42.6 Å². The molecule has 16 heavy (non-hydrogen) atoms. The van der Waals surface area contributed by atoms with Gasteiger partial charge in [0.2, 0.25) is 10.0 Å². The molecule has 0 radical (unpaired) electrons. The van der Waals surface area contributed by atoms with E-state index in [9.17, 15) is 8.42 Å². The van der Waals surface area contributed by atoms with Crippen molar-refractivity contribution < 1.29 is 8.42 Å². The lowest BCUT2D eigenvalue weighted by molar-refractivity contribution is 0.265. The van der Waals surface area contributed by atoms with Crippen LogP contribution in [0.1, 0.15) is 5.69 Å². The first-order chi connectivity index (χ1) is 7.58. The summed E-state index contributed by atoms with van der Waals surface area (Å²) in [7, 11) is -3.14. The van der Waals surface area contributed by atoms with Crippen LogP contribution in [0.5, 0.6) is 0 Å². The van der Waals surface area contributed by atoms with Gasteiger partial charge in [-0.15, -0.1) is 0 Å². The highest BCUT2D eigenvalue weighted by Gasteiger charge is 2.32. The van der Waals surface area contributed by atoms with Crippen LogP contribution in [0, 0.1) is 0 Å². The number of nitrogens with zero attached hydrogens (tertiary/aromatic N) is 2. The van der Waals surface area contributed by atoms with Gasteiger partial charge in [0, 0.05) is 37.4 Å². The second-order valence-electron chi connectivity index (χ2n) is 3.96. The molecule has 1 aliphatic heterocycles. The predicted octanol–water partition coefficient (Wildman–Crippen LogP) is -0.403. The third kappa shape index (κ3) is 2.58. The van der Waals surface area contributed by atoms with Crippen molar-refractivity contribution in [2.45, 2.75) is 12.5 Å². The Bertz CT molecular complexity index is 440. The summed E-state index contributed by atoms with van der Waals surface area (Å²) in [6, 6.07) is 5.50. The molecule has 0 amide bonds. The molecule has 0 atom stereocenters. The fourth-order valence-electron chi connectivity index (χ4n) is 1.61. The van der Waals surface area contributed by atoms with E-state index >= 15 is 0 Å². The zero-order chi connectivity index (χ0) is 11.6. The summed E-state index contributed by atoms with van der Waals surface area (Å²) < 4.78 is 25.0. The minimum absolute atomic E-state index is 0.00428. The van der Waals surface area contributed by atoms with Crippen molar-refractivity contribution in [2.75, 3.05) is 18.8 Å². The van der Waals surface area contributed by atoms with Crippen LogP contribution in [0.3, 0.4) is 0 Å². The van der Waals surface area contributed by atoms with Gasteiger partial charge in [-0.1, -0.05) is 6.07 Å². The van der Waals surface area contributed by atoms with Crippen LogP contribution < -0.4 is 5.73 Å². The Labute approximate surface area is 95.3 Å². The van der Waals surface area contributed by atoms with Crippen molar-refractivity contribution in [3.63, 3.8) is 0 Å². The average molecular weight is 241 g/mol. The van der Waals surface area contributed by atoms with E-state index in [1.807, 2.05) is 18.2 Å². The second-order valence-corrected chi connectivity index (χ2v) is 6.05. The Hall–Kier alpha value is -0.980. The largest absolute Gasteiger partial charge is 0.325 e. The number of nitrogens with two attached hydrogens (primary N) is 1. The van der Waals surface area contributed by atoms with Gasteiger partial charge in [0.15, 0.2) is 0 Å². The summed E-state index contributed by atoms with van der Waals surface area (Å²) in [5, 5.41) is 0. The molecule has 0 spiro atoms. The van der Waals surface area contributed by atoms with Gasteiger partial charge >= 0.3 is 0 Å². The first kappa shape index (κ1) is 11.5. The standard InChI is InChI=1S/C10H15N3O2S/c11-9-7-13(8-9)16(14,15)6-4-10-3-1-2-5-12-10/h1-3,5,9H,4,6-8,11H2. The van der Waals surface area contributed by atoms with E-state index in [0.29, 0.717) is 19.5 Å². The Morgan fingerprint density at radius 1 is 1.44 bits per heavy atom. The molecule has 0 aliphatic carbocycles. The monoisotopic (exact) mass is 241 g/mol. The molecule has 2 heterocycles. The van der Waals surface area contributed by atoms with Crippen LogP contribution in [0.2, 0.25) is 0 Å². The van der Waals surface area contributed by atoms with Gasteiger partial charge in [0.1, 0.15) is 0 Å². The van der Waals surface area contributed by atoms with Crippen LogP contribution >= 0.6 is 0 Å². The molecule has 0 saturated carbocycles. The van der Waals surface area contributed by atoms with E-state index in [1.165, 1.54) is 4.31 Å². The van der Waals surface area contributed by atoms with E-state index in [-0.39, 0.29) is 11.8 Å². The highest BCUT2D eigenvalue weighted by atomic mass is 32.2. The smallest absolute Gasteiger partial charge is 0.214 e. The van der Waals surface area contributed by atoms with Gasteiger partial charge in [-0.3, -0.25) is 4.98 Å². The summed E-state index contributed by atoms with van der Waals surface area (Å²) >= 11 is 0. The number of aryl methyl sites for hydroxylation is 1. The summed E-state index contributed by atoms with van der Waals surface area (Å²) in [4.78, 5) is 4.09. The normalized spacial score (nSPS) is 18.3. The number of sulfonamides is 1. The summed E-state index contributed by atoms with van der Waals surface area (Å²) in [5.41, 5.74) is 6.36. The molecule has 1 saturated heterocycles. The molecule has 1 fully saturated rings. The molecule has 6 heteroatoms. The molecular weight excluding hydrogens is 226 g/mol. The highest BCUT2D eigenvalue weighted by molar-refractivity contribution is 7.89. The van der Waals surface area contributed by atoms with Gasteiger partial charge in [-0.25, -0.2) is 8.42 Å². The maximum Gasteiger partial charge on any atom is 0.214 e. The van der Waals surface area contributed by atoms with Crippen molar-refractivity contribution in [3.05, 3.63) is 30.1 Å². The third-order valence-electron chi connectivity index (χ3n) is 2.61. The predicted molar refractivity (Wildman–Crippen MR) is 61.3 cm³/mol. The molecule has 0 unspecified atom stereocenters. The van der Waals surface area contributed by atoms with Gasteiger partial charge < -0.3 is 5.73 Å². The van der Waals surface area contributed by atoms with Crippen LogP contribution in [0.4, 0.5) is 0 Å². The Balaban J connectivity index is 1.90. The second kappa shape index (κ2) is 4.48. The SMILES string of the molecule is NC1CN(S(=O)(=O)CCc2ccccn2)C1. The summed E-state index contributed by atoms with van der Waals surface area (Å²) in [6.07, 6.45) is 2.12. The van der Waals surface area contributed by atoms with Gasteiger partial charge in [0.05, 0.1) is 5.75 Å². The van der Waals surface area contributed by atoms with Gasteiger partial charge in [-0.05, 0) is 12.1 Å². The zero-order valence-corrected chi connectivity index (χ0v) is 9.73. The Morgan fingerprint density at radius 3 is 2.75 bits per heavy atom. The first-order valence-electron chi connectivity index (χ1n) is 5.21. The Kier molecular flexibility index (Phi) is 3.22. The first-order valence-corrected chi connectivity index (χ1v) is 6.82. The maximum absolute atomic E-state index is 11.8. The summed E-state index contributed by atoms with van der Waals surface area (Å²) in [5.74, 6) is 0.108. The molecule has 2 N–H and O–H groups in total. The number of hydrogen-bond donors (Lipinski definition) is 1. The van der Waals surface area contributed by atoms with E-state index < -0.39 is 10.0 Å². The molecule has 0 aromatic carbocycles. The Morgan fingerprint density at radius 2 is 2.19 bits per heavy atom. The van der Waals surface area contributed by atoms with Crippen LogP contribution in [-0.2, 0) is 16.4 Å². The number of rotatable bonds is 4. The van der Waals surface area contributed by atoms with Crippen molar-refractivity contribution in [2.24, 2.45) is 5.73 Å².